The van der Waals surface area contributed by atoms with E-state index in [-0.39, 0.29) is 21.1 Å². The molecule has 0 saturated carbocycles. The van der Waals surface area contributed by atoms with Crippen molar-refractivity contribution in [1.82, 2.24) is 19.1 Å². The van der Waals surface area contributed by atoms with Crippen LogP contribution in [0.25, 0.3) is 83.4 Å². The molecular weight excluding hydrogens is 768 g/mol. The Bertz CT molecular complexity index is 2570. The summed E-state index contributed by atoms with van der Waals surface area (Å²) < 4.78 is 4.46. The van der Waals surface area contributed by atoms with Crippen molar-refractivity contribution in [2.45, 2.75) is 0 Å². The van der Waals surface area contributed by atoms with Crippen molar-refractivity contribution in [2.75, 3.05) is 0 Å². The molecule has 0 atom stereocenters. The zero-order valence-corrected chi connectivity index (χ0v) is 28.3. The Morgan fingerprint density at radius 3 is 2.12 bits per heavy atom. The fourth-order valence-electron chi connectivity index (χ4n) is 6.71. The van der Waals surface area contributed by atoms with Gasteiger partial charge in [0.1, 0.15) is 0 Å². The van der Waals surface area contributed by atoms with Crippen LogP contribution in [0.1, 0.15) is 0 Å². The van der Waals surface area contributed by atoms with Crippen molar-refractivity contribution in [2.24, 2.45) is 7.05 Å². The number of hydrogen-bond donors (Lipinski definition) is 0. The smallest absolute Gasteiger partial charge is 0.367 e. The molecule has 48 heavy (non-hydrogen) atoms. The maximum atomic E-state index is 5.00. The van der Waals surface area contributed by atoms with Crippen molar-refractivity contribution < 1.29 is 21.1 Å². The molecule has 0 radical (unpaired) electrons. The third-order valence-corrected chi connectivity index (χ3v) is 8.99. The predicted molar refractivity (Wildman–Crippen MR) is 192 cm³/mol. The van der Waals surface area contributed by atoms with Crippen LogP contribution < -0.4 is 0 Å². The fourth-order valence-corrected chi connectivity index (χ4v) is 6.71. The van der Waals surface area contributed by atoms with Crippen LogP contribution in [0.5, 0.6) is 0 Å². The van der Waals surface area contributed by atoms with E-state index >= 15 is 0 Å². The summed E-state index contributed by atoms with van der Waals surface area (Å²) in [5.41, 5.74) is 12.5. The van der Waals surface area contributed by atoms with Crippen molar-refractivity contribution in [3.8, 4) is 50.6 Å². The van der Waals surface area contributed by atoms with E-state index in [2.05, 4.69) is 155 Å². The molecule has 9 rings (SSSR count). The molecule has 0 saturated heterocycles. The van der Waals surface area contributed by atoms with Crippen LogP contribution >= 0.6 is 0 Å². The molecule has 0 unspecified atom stereocenters. The van der Waals surface area contributed by atoms with Gasteiger partial charge in [-0.2, -0.15) is 0 Å². The van der Waals surface area contributed by atoms with Gasteiger partial charge in [-0.1, -0.05) is 102 Å². The molecule has 0 aliphatic rings. The molecule has 9 aromatic rings. The largest absolute Gasteiger partial charge is 2.00 e. The van der Waals surface area contributed by atoms with Crippen LogP contribution in [-0.2, 0) is 28.1 Å². The number of fused-ring (bicyclic) bond motifs is 4. The fraction of sp³-hybridized carbons (Fsp3) is 0.0233. The Morgan fingerprint density at radius 2 is 1.31 bits per heavy atom. The predicted octanol–water partition coefficient (Wildman–Crippen LogP) is 10.3. The van der Waals surface area contributed by atoms with Gasteiger partial charge in [-0.05, 0) is 57.2 Å². The monoisotopic (exact) mass is 795 g/mol. The first kappa shape index (κ1) is 29.8. The van der Waals surface area contributed by atoms with E-state index in [0.717, 1.165) is 72.3 Å². The van der Waals surface area contributed by atoms with Crippen molar-refractivity contribution in [1.29, 1.82) is 0 Å². The minimum Gasteiger partial charge on any atom is -0.367 e. The Kier molecular flexibility index (Phi) is 7.59. The number of hydrogen-bond acceptors (Lipinski definition) is 2. The number of nitrogens with zero attached hydrogens (tertiary/aromatic N) is 4. The molecule has 0 amide bonds. The number of pyridine rings is 1. The summed E-state index contributed by atoms with van der Waals surface area (Å²) in [6.07, 6.45) is 1.82. The molecule has 3 aromatic heterocycles. The van der Waals surface area contributed by atoms with Crippen LogP contribution in [0, 0.1) is 12.1 Å². The average Bonchev–Trinajstić information content (AvgIpc) is 3.67. The summed E-state index contributed by atoms with van der Waals surface area (Å²) in [5.74, 6) is 0.882. The molecule has 0 aliphatic carbocycles. The molecule has 0 fully saturated rings. The summed E-state index contributed by atoms with van der Waals surface area (Å²) in [6.45, 7) is 0. The SMILES string of the molecule is Cn1c(-c2[c-]c3c(cc2)c2cccc(-c4ccc(-c5ccccc5)cc4)c2n3-c2[c-]c(-c3ccccn3)ccc2)nc2ccccc21.[Pt+2]. The second-order valence-electron chi connectivity index (χ2n) is 11.8. The van der Waals surface area contributed by atoms with Gasteiger partial charge in [-0.25, -0.2) is 0 Å². The number of rotatable bonds is 5. The summed E-state index contributed by atoms with van der Waals surface area (Å²) in [6, 6.07) is 58.3. The van der Waals surface area contributed by atoms with Crippen LogP contribution in [0.4, 0.5) is 0 Å². The maximum absolute atomic E-state index is 5.00. The van der Waals surface area contributed by atoms with E-state index in [1.54, 1.807) is 0 Å². The number of aryl methyl sites for hydroxylation is 1. The first-order valence-corrected chi connectivity index (χ1v) is 15.7. The second kappa shape index (κ2) is 12.2. The molecule has 230 valence electrons. The third-order valence-electron chi connectivity index (χ3n) is 8.99. The van der Waals surface area contributed by atoms with Gasteiger partial charge >= 0.3 is 21.1 Å². The second-order valence-corrected chi connectivity index (χ2v) is 11.8. The number of aromatic nitrogens is 4. The normalized spacial score (nSPS) is 11.3. The van der Waals surface area contributed by atoms with Gasteiger partial charge in [0, 0.05) is 24.3 Å². The standard InChI is InChI=1S/C43H28N4.Pt/c1-46-40-19-6-5-18-39(40)45-43(46)33-24-25-36-37-16-10-15-35(31-22-20-30(21-23-31)29-11-3-2-4-12-29)42(37)47(41(36)28-33)34-14-9-13-32(27-34)38-17-7-8-26-44-38;/h2-26H,1H3;/q-2;+2. The molecule has 0 N–H and O–H groups in total. The van der Waals surface area contributed by atoms with Crippen molar-refractivity contribution in [3.63, 3.8) is 0 Å². The van der Waals surface area contributed by atoms with Gasteiger partial charge in [0.2, 0.25) is 0 Å². The number of benzene rings is 6. The van der Waals surface area contributed by atoms with Crippen molar-refractivity contribution in [3.05, 3.63) is 164 Å². The quantitative estimate of drug-likeness (QED) is 0.163. The molecule has 0 bridgehead atoms. The summed E-state index contributed by atoms with van der Waals surface area (Å²) >= 11 is 0. The molecule has 0 spiro atoms. The molecular formula is C43H28N4Pt. The average molecular weight is 796 g/mol. The number of para-hydroxylation sites is 3. The summed E-state index contributed by atoms with van der Waals surface area (Å²) in [5, 5.41) is 2.29. The van der Waals surface area contributed by atoms with Crippen LogP contribution in [-0.4, -0.2) is 19.1 Å². The molecule has 6 aromatic carbocycles. The van der Waals surface area contributed by atoms with Gasteiger partial charge in [-0.3, -0.25) is 4.98 Å². The minimum absolute atomic E-state index is 0. The Labute approximate surface area is 293 Å². The summed E-state index contributed by atoms with van der Waals surface area (Å²) in [7, 11) is 2.07. The maximum Gasteiger partial charge on any atom is 2.00 e. The molecule has 0 aliphatic heterocycles. The first-order chi connectivity index (χ1) is 23.2. The van der Waals surface area contributed by atoms with Gasteiger partial charge < -0.3 is 14.1 Å². The zero-order chi connectivity index (χ0) is 31.3. The molecule has 4 nitrogen and oxygen atoms in total. The van der Waals surface area contributed by atoms with Gasteiger partial charge in [0.25, 0.3) is 0 Å². The van der Waals surface area contributed by atoms with Gasteiger partial charge in [-0.15, -0.1) is 53.6 Å². The van der Waals surface area contributed by atoms with Crippen LogP contribution in [0.2, 0.25) is 0 Å². The van der Waals surface area contributed by atoms with E-state index in [1.165, 1.54) is 11.1 Å². The summed E-state index contributed by atoms with van der Waals surface area (Å²) in [4.78, 5) is 9.62. The first-order valence-electron chi connectivity index (χ1n) is 15.7. The van der Waals surface area contributed by atoms with Crippen molar-refractivity contribution >= 4 is 32.8 Å². The van der Waals surface area contributed by atoms with E-state index in [1.807, 2.05) is 30.5 Å². The van der Waals surface area contributed by atoms with E-state index < -0.39 is 0 Å². The van der Waals surface area contributed by atoms with E-state index in [9.17, 15) is 0 Å². The Hall–Kier alpha value is -5.57. The molecule has 3 heterocycles. The number of imidazole rings is 1. The Morgan fingerprint density at radius 1 is 0.562 bits per heavy atom. The topological polar surface area (TPSA) is 35.6 Å². The van der Waals surface area contributed by atoms with Crippen LogP contribution in [0.3, 0.4) is 0 Å². The van der Waals surface area contributed by atoms with Crippen LogP contribution in [0.15, 0.2) is 152 Å². The zero-order valence-electron chi connectivity index (χ0n) is 26.0. The Balaban J connectivity index is 0.00000336. The van der Waals surface area contributed by atoms with E-state index in [0.29, 0.717) is 0 Å². The third kappa shape index (κ3) is 4.97. The minimum atomic E-state index is 0. The van der Waals surface area contributed by atoms with Gasteiger partial charge in [0.05, 0.1) is 16.9 Å². The van der Waals surface area contributed by atoms with E-state index in [4.69, 9.17) is 4.98 Å². The molecule has 5 heteroatoms. The van der Waals surface area contributed by atoms with Gasteiger partial charge in [0.15, 0.2) is 0 Å².